The van der Waals surface area contributed by atoms with Crippen molar-refractivity contribution in [3.8, 4) is 0 Å². The number of carbonyl (C=O) groups is 1. The number of rotatable bonds is 8. The second kappa shape index (κ2) is 11.0. The maximum atomic E-state index is 10.8. The minimum atomic E-state index is -1.98. The first kappa shape index (κ1) is 22.9. The molecule has 156 valence electrons. The Kier molecular flexibility index (Phi) is 8.17. The number of hydrogen-bond acceptors (Lipinski definition) is 2. The Balaban J connectivity index is 0.00000272. The Bertz CT molecular complexity index is 989. The van der Waals surface area contributed by atoms with Gasteiger partial charge in [-0.3, -0.25) is 4.79 Å². The summed E-state index contributed by atoms with van der Waals surface area (Å²) in [5.74, 6) is 0. The third kappa shape index (κ3) is 4.95. The normalized spacial score (nSPS) is 10.7. The fourth-order valence-electron chi connectivity index (χ4n) is 4.00. The molecule has 0 atom stereocenters. The van der Waals surface area contributed by atoms with E-state index in [4.69, 9.17) is 4.74 Å². The van der Waals surface area contributed by atoms with Crippen LogP contribution in [-0.4, -0.2) is 6.47 Å². The van der Waals surface area contributed by atoms with Gasteiger partial charge in [0.15, 0.2) is 0 Å². The minimum Gasteiger partial charge on any atom is -1.00 e. The van der Waals surface area contributed by atoms with E-state index in [0.29, 0.717) is 6.47 Å². The van der Waals surface area contributed by atoms with Gasteiger partial charge < -0.3 is 21.7 Å². The second-order valence-electron chi connectivity index (χ2n) is 7.15. The molecule has 0 aliphatic rings. The highest BCUT2D eigenvalue weighted by molar-refractivity contribution is 7.95. The summed E-state index contributed by atoms with van der Waals surface area (Å²) in [6.45, 7) is 0.808. The van der Waals surface area contributed by atoms with Crippen LogP contribution in [0.3, 0.4) is 0 Å². The zero-order valence-electron chi connectivity index (χ0n) is 17.1. The lowest BCUT2D eigenvalue weighted by Gasteiger charge is -2.28. The van der Waals surface area contributed by atoms with Crippen molar-refractivity contribution < 1.29 is 26.5 Å². The summed E-state index contributed by atoms with van der Waals surface area (Å²) in [7, 11) is -1.98. The number of carbonyl (C=O) groups excluding carboxylic acids is 1. The summed E-state index contributed by atoms with van der Waals surface area (Å²) >= 11 is 0. The van der Waals surface area contributed by atoms with Gasteiger partial charge in [-0.2, -0.15) is 0 Å². The maximum absolute atomic E-state index is 10.8. The van der Waals surface area contributed by atoms with Crippen molar-refractivity contribution in [3.63, 3.8) is 0 Å². The molecular weight excluding hydrogens is 467 g/mol. The van der Waals surface area contributed by atoms with Crippen LogP contribution in [0.4, 0.5) is 0 Å². The average Bonchev–Trinajstić information content (AvgIpc) is 2.83. The van der Waals surface area contributed by atoms with Crippen molar-refractivity contribution in [1.29, 1.82) is 0 Å². The molecule has 0 aromatic heterocycles. The predicted molar refractivity (Wildman–Crippen MR) is 126 cm³/mol. The summed E-state index contributed by atoms with van der Waals surface area (Å²) in [5.41, 5.74) is 2.26. The van der Waals surface area contributed by atoms with Gasteiger partial charge in [-0.15, -0.1) is 0 Å². The van der Waals surface area contributed by atoms with E-state index in [9.17, 15) is 4.79 Å². The Labute approximate surface area is 195 Å². The summed E-state index contributed by atoms with van der Waals surface area (Å²) in [4.78, 5) is 10.8. The first-order valence-corrected chi connectivity index (χ1v) is 12.0. The maximum Gasteiger partial charge on any atom is 0.293 e. The molecule has 0 heterocycles. The molecule has 0 saturated carbocycles. The van der Waals surface area contributed by atoms with Crippen molar-refractivity contribution in [3.05, 3.63) is 126 Å². The van der Waals surface area contributed by atoms with E-state index in [1.54, 1.807) is 0 Å². The minimum absolute atomic E-state index is 0. The Morgan fingerprint density at radius 3 is 1.39 bits per heavy atom. The van der Waals surface area contributed by atoms with Gasteiger partial charge in [0.2, 0.25) is 0 Å². The van der Waals surface area contributed by atoms with Gasteiger partial charge in [0, 0.05) is 0 Å². The second-order valence-corrected chi connectivity index (χ2v) is 10.6. The highest BCUT2D eigenvalue weighted by atomic mass is 79.9. The Morgan fingerprint density at radius 1 is 0.581 bits per heavy atom. The molecule has 4 rings (SSSR count). The molecule has 31 heavy (non-hydrogen) atoms. The van der Waals surface area contributed by atoms with Gasteiger partial charge in [0.1, 0.15) is 29.8 Å². The highest BCUT2D eigenvalue weighted by Crippen LogP contribution is 2.58. The van der Waals surface area contributed by atoms with E-state index in [1.807, 2.05) is 6.07 Å². The summed E-state index contributed by atoms with van der Waals surface area (Å²) in [6, 6.07) is 40.7. The van der Waals surface area contributed by atoms with E-state index >= 15 is 0 Å². The van der Waals surface area contributed by atoms with Gasteiger partial charge in [-0.05, 0) is 47.5 Å². The molecule has 0 radical (unpaired) electrons. The fourth-order valence-corrected chi connectivity index (χ4v) is 8.31. The van der Waals surface area contributed by atoms with Crippen LogP contribution in [0.2, 0.25) is 0 Å². The van der Waals surface area contributed by atoms with Crippen molar-refractivity contribution in [2.24, 2.45) is 0 Å². The van der Waals surface area contributed by atoms with E-state index < -0.39 is 7.26 Å². The van der Waals surface area contributed by atoms with Gasteiger partial charge >= 0.3 is 0 Å². The van der Waals surface area contributed by atoms with Crippen molar-refractivity contribution in [1.82, 2.24) is 0 Å². The molecule has 0 N–H and O–H groups in total. The van der Waals surface area contributed by atoms with Crippen LogP contribution in [0.25, 0.3) is 0 Å². The number of hydrogen-bond donors (Lipinski definition) is 0. The molecule has 4 heteroatoms. The zero-order valence-corrected chi connectivity index (χ0v) is 19.6. The standard InChI is InChI=1S/C27H24O2P.BrH/c28-22-29-20-23-12-10-11-13-24(23)21-30(25-14-4-1-5-15-25,26-16-6-2-7-17-26)27-18-8-3-9-19-27;/h1-19,22H,20-21H2;1H/q+1;/p-1. The lowest BCUT2D eigenvalue weighted by molar-refractivity contribution is -0.129. The first-order chi connectivity index (χ1) is 14.8. The average molecular weight is 491 g/mol. The number of halogens is 1. The molecule has 0 bridgehead atoms. The third-order valence-electron chi connectivity index (χ3n) is 5.42. The van der Waals surface area contributed by atoms with E-state index in [-0.39, 0.29) is 23.6 Å². The van der Waals surface area contributed by atoms with Gasteiger partial charge in [-0.1, -0.05) is 78.9 Å². The quantitative estimate of drug-likeness (QED) is 0.278. The van der Waals surface area contributed by atoms with Gasteiger partial charge in [0.05, 0.1) is 6.16 Å². The predicted octanol–water partition coefficient (Wildman–Crippen LogP) is 1.86. The SMILES string of the molecule is O=COCc1ccccc1C[P+](c1ccccc1)(c1ccccc1)c1ccccc1.[Br-]. The van der Waals surface area contributed by atoms with Gasteiger partial charge in [-0.25, -0.2) is 0 Å². The van der Waals surface area contributed by atoms with Crippen LogP contribution in [0, 0.1) is 0 Å². The molecule has 0 aliphatic carbocycles. The molecular formula is C27H24BrO2P. The van der Waals surface area contributed by atoms with E-state index in [1.165, 1.54) is 21.5 Å². The smallest absolute Gasteiger partial charge is 0.293 e. The van der Waals surface area contributed by atoms with Crippen molar-refractivity contribution >= 4 is 29.6 Å². The molecule has 0 amide bonds. The van der Waals surface area contributed by atoms with Crippen LogP contribution in [0.5, 0.6) is 0 Å². The van der Waals surface area contributed by atoms with Gasteiger partial charge in [0.25, 0.3) is 6.47 Å². The highest BCUT2D eigenvalue weighted by Gasteiger charge is 2.45. The Morgan fingerprint density at radius 2 is 0.968 bits per heavy atom. The van der Waals surface area contributed by atoms with Crippen LogP contribution in [0.1, 0.15) is 11.1 Å². The summed E-state index contributed by atoms with van der Waals surface area (Å²) in [5, 5.41) is 4.02. The fraction of sp³-hybridized carbons (Fsp3) is 0.0741. The van der Waals surface area contributed by atoms with Crippen LogP contribution >= 0.6 is 7.26 Å². The lowest BCUT2D eigenvalue weighted by Crippen LogP contribution is -3.00. The van der Waals surface area contributed by atoms with Crippen molar-refractivity contribution in [2.75, 3.05) is 0 Å². The number of ether oxygens (including phenoxy) is 1. The lowest BCUT2D eigenvalue weighted by atomic mass is 10.1. The monoisotopic (exact) mass is 490 g/mol. The molecule has 4 aromatic carbocycles. The van der Waals surface area contributed by atoms with E-state index in [2.05, 4.69) is 109 Å². The van der Waals surface area contributed by atoms with Crippen LogP contribution in [0.15, 0.2) is 115 Å². The molecule has 0 fully saturated rings. The largest absolute Gasteiger partial charge is 1.00 e. The molecule has 0 aliphatic heterocycles. The summed E-state index contributed by atoms with van der Waals surface area (Å²) in [6.07, 6.45) is 0.865. The van der Waals surface area contributed by atoms with E-state index in [0.717, 1.165) is 11.7 Å². The number of benzene rings is 4. The topological polar surface area (TPSA) is 26.3 Å². The molecule has 0 spiro atoms. The Hall–Kier alpha value is -2.74. The summed E-state index contributed by atoms with van der Waals surface area (Å²) < 4.78 is 5.12. The molecule has 0 unspecified atom stereocenters. The molecule has 2 nitrogen and oxygen atoms in total. The van der Waals surface area contributed by atoms with Crippen LogP contribution in [-0.2, 0) is 22.3 Å². The molecule has 0 saturated heterocycles. The first-order valence-electron chi connectivity index (χ1n) is 10.0. The zero-order chi connectivity index (χ0) is 20.7. The third-order valence-corrected chi connectivity index (χ3v) is 9.78. The molecule has 4 aromatic rings. The van der Waals surface area contributed by atoms with Crippen molar-refractivity contribution in [2.45, 2.75) is 12.8 Å². The van der Waals surface area contributed by atoms with Crippen LogP contribution < -0.4 is 32.9 Å².